The molecule has 3 aromatic carbocycles. The van der Waals surface area contributed by atoms with E-state index in [1.54, 1.807) is 42.3 Å². The summed E-state index contributed by atoms with van der Waals surface area (Å²) in [6.45, 7) is 0.847. The number of amides is 3. The molecule has 7 rings (SSSR count). The van der Waals surface area contributed by atoms with Crippen molar-refractivity contribution in [2.75, 3.05) is 32.5 Å². The second-order valence-electron chi connectivity index (χ2n) is 10.5. The van der Waals surface area contributed by atoms with Crippen molar-refractivity contribution < 1.29 is 28.6 Å². The van der Waals surface area contributed by atoms with E-state index in [-0.39, 0.29) is 30.9 Å². The SMILES string of the molecule is COc1ccc2cc1-c1cccc(c1)OCC(=O)NCc1ccc(cc1)O[C@@H]1CCN(C(=O)c3cnc(N)s3)C[C@H]1NC2=O. The summed E-state index contributed by atoms with van der Waals surface area (Å²) in [5.41, 5.74) is 8.49. The average Bonchev–Trinajstić information content (AvgIpc) is 3.49. The first-order valence-electron chi connectivity index (χ1n) is 14.1. The van der Waals surface area contributed by atoms with Gasteiger partial charge in [-0.1, -0.05) is 35.6 Å². The molecule has 6 bridgehead atoms. The van der Waals surface area contributed by atoms with E-state index in [9.17, 15) is 14.4 Å². The highest BCUT2D eigenvalue weighted by atomic mass is 32.1. The first kappa shape index (κ1) is 29.0. The Bertz CT molecular complexity index is 1690. The maximum atomic E-state index is 13.7. The number of benzene rings is 3. The van der Waals surface area contributed by atoms with Crippen molar-refractivity contribution in [3.8, 4) is 28.4 Å². The lowest BCUT2D eigenvalue weighted by molar-refractivity contribution is -0.123. The minimum absolute atomic E-state index is 0.150. The normalized spacial score (nSPS) is 18.6. The maximum Gasteiger partial charge on any atom is 0.265 e. The third kappa shape index (κ3) is 6.45. The molecule has 0 spiro atoms. The van der Waals surface area contributed by atoms with E-state index in [1.807, 2.05) is 36.4 Å². The third-order valence-electron chi connectivity index (χ3n) is 7.56. The minimum Gasteiger partial charge on any atom is -0.496 e. The zero-order valence-electron chi connectivity index (χ0n) is 23.9. The number of hydrogen-bond donors (Lipinski definition) is 3. The third-order valence-corrected chi connectivity index (χ3v) is 8.38. The van der Waals surface area contributed by atoms with Gasteiger partial charge in [-0.05, 0) is 53.6 Å². The number of methoxy groups -OCH3 is 1. The highest BCUT2D eigenvalue weighted by molar-refractivity contribution is 7.17. The molecule has 0 saturated carbocycles. The lowest BCUT2D eigenvalue weighted by Gasteiger charge is -2.38. The van der Waals surface area contributed by atoms with Gasteiger partial charge in [0.2, 0.25) is 0 Å². The number of nitrogens with one attached hydrogen (secondary N) is 2. The van der Waals surface area contributed by atoms with E-state index in [4.69, 9.17) is 19.9 Å². The first-order chi connectivity index (χ1) is 21.4. The number of nitrogens with two attached hydrogens (primary N) is 1. The molecular weight excluding hydrogens is 582 g/mol. The second kappa shape index (κ2) is 12.6. The van der Waals surface area contributed by atoms with E-state index in [0.29, 0.717) is 57.9 Å². The molecule has 0 unspecified atom stereocenters. The molecule has 1 aromatic heterocycles. The molecule has 11 nitrogen and oxygen atoms in total. The van der Waals surface area contributed by atoms with Gasteiger partial charge in [-0.3, -0.25) is 14.4 Å². The van der Waals surface area contributed by atoms with Crippen LogP contribution >= 0.6 is 11.3 Å². The van der Waals surface area contributed by atoms with Crippen LogP contribution in [-0.4, -0.2) is 66.6 Å². The van der Waals surface area contributed by atoms with Crippen LogP contribution in [0, 0.1) is 0 Å². The number of likely N-dealkylation sites (tertiary alicyclic amines) is 1. The monoisotopic (exact) mass is 613 g/mol. The van der Waals surface area contributed by atoms with Gasteiger partial charge in [0, 0.05) is 37.2 Å². The zero-order valence-corrected chi connectivity index (χ0v) is 24.8. The lowest BCUT2D eigenvalue weighted by Crippen LogP contribution is -2.58. The van der Waals surface area contributed by atoms with E-state index in [2.05, 4.69) is 15.6 Å². The number of nitrogen functional groups attached to an aromatic ring is 1. The summed E-state index contributed by atoms with van der Waals surface area (Å²) in [5, 5.41) is 6.31. The Balaban J connectivity index is 1.34. The number of carbonyl (C=O) groups is 3. The Morgan fingerprint density at radius 1 is 1.07 bits per heavy atom. The molecule has 44 heavy (non-hydrogen) atoms. The van der Waals surface area contributed by atoms with Crippen molar-refractivity contribution in [2.45, 2.75) is 25.1 Å². The van der Waals surface area contributed by atoms with E-state index in [1.165, 1.54) is 6.20 Å². The minimum atomic E-state index is -0.516. The molecule has 4 N–H and O–H groups in total. The summed E-state index contributed by atoms with van der Waals surface area (Å²) >= 11 is 1.13. The van der Waals surface area contributed by atoms with E-state index >= 15 is 0 Å². The van der Waals surface area contributed by atoms with Crippen LogP contribution in [0.3, 0.4) is 0 Å². The Morgan fingerprint density at radius 3 is 2.68 bits per heavy atom. The predicted molar refractivity (Wildman–Crippen MR) is 165 cm³/mol. The molecule has 3 aliphatic heterocycles. The van der Waals surface area contributed by atoms with Gasteiger partial charge in [-0.2, -0.15) is 0 Å². The van der Waals surface area contributed by atoms with Gasteiger partial charge in [0.15, 0.2) is 11.7 Å². The number of fused-ring (bicyclic) bond motifs is 7. The standard InChI is InChI=1S/C32H31N5O6S/c1-41-26-10-7-21-14-24(26)20-3-2-4-23(13-20)42-18-29(38)34-15-19-5-8-22(9-6-19)43-27-11-12-37(17-25(27)36-30(21)39)31(40)28-16-35-32(33)44-28/h2-10,13-14,16,25,27H,11-12,15,17-18H2,1H3,(H2,33,35)(H,34,38)(H,36,39)/t25-,27-/m1/s1. The predicted octanol–water partition coefficient (Wildman–Crippen LogP) is 3.50. The van der Waals surface area contributed by atoms with Crippen LogP contribution in [0.1, 0.15) is 32.0 Å². The fourth-order valence-corrected chi connectivity index (χ4v) is 5.93. The number of thiazole rings is 1. The molecule has 3 aliphatic rings. The topological polar surface area (TPSA) is 145 Å². The molecule has 226 valence electrons. The molecule has 1 saturated heterocycles. The quantitative estimate of drug-likeness (QED) is 0.312. The molecular formula is C32H31N5O6S. The maximum absolute atomic E-state index is 13.7. The Morgan fingerprint density at radius 2 is 1.91 bits per heavy atom. The fourth-order valence-electron chi connectivity index (χ4n) is 5.28. The van der Waals surface area contributed by atoms with Crippen molar-refractivity contribution in [1.29, 1.82) is 0 Å². The number of hydrogen-bond acceptors (Lipinski definition) is 9. The van der Waals surface area contributed by atoms with Crippen molar-refractivity contribution in [3.05, 3.63) is 88.9 Å². The molecule has 0 radical (unpaired) electrons. The molecule has 4 heterocycles. The van der Waals surface area contributed by atoms with Gasteiger partial charge in [-0.25, -0.2) is 4.98 Å². The Labute approximate surface area is 257 Å². The highest BCUT2D eigenvalue weighted by Crippen LogP contribution is 2.33. The summed E-state index contributed by atoms with van der Waals surface area (Å²) in [4.78, 5) is 45.6. The van der Waals surface area contributed by atoms with Crippen molar-refractivity contribution in [2.24, 2.45) is 0 Å². The van der Waals surface area contributed by atoms with E-state index in [0.717, 1.165) is 22.5 Å². The number of carbonyl (C=O) groups excluding carboxylic acids is 3. The molecule has 3 amide bonds. The molecule has 4 aromatic rings. The lowest BCUT2D eigenvalue weighted by atomic mass is 9.99. The van der Waals surface area contributed by atoms with Gasteiger partial charge < -0.3 is 35.5 Å². The van der Waals surface area contributed by atoms with Crippen molar-refractivity contribution >= 4 is 34.2 Å². The van der Waals surface area contributed by atoms with E-state index < -0.39 is 12.1 Å². The largest absolute Gasteiger partial charge is 0.496 e. The Kier molecular flexibility index (Phi) is 8.33. The molecule has 0 aliphatic carbocycles. The van der Waals surface area contributed by atoms with Crippen LogP contribution in [0.4, 0.5) is 5.13 Å². The molecule has 1 fully saturated rings. The van der Waals surface area contributed by atoms with Crippen LogP contribution in [-0.2, 0) is 11.3 Å². The number of ether oxygens (including phenoxy) is 3. The summed E-state index contributed by atoms with van der Waals surface area (Å²) in [6.07, 6.45) is 1.56. The van der Waals surface area contributed by atoms with Gasteiger partial charge in [0.05, 0.1) is 19.3 Å². The number of piperidine rings is 1. The molecule has 2 atom stereocenters. The zero-order chi connectivity index (χ0) is 30.6. The van der Waals surface area contributed by atoms with Crippen LogP contribution < -0.4 is 30.6 Å². The summed E-state index contributed by atoms with van der Waals surface area (Å²) in [6, 6.07) is 19.3. The fraction of sp³-hybridized carbons (Fsp3) is 0.250. The smallest absolute Gasteiger partial charge is 0.265 e. The summed E-state index contributed by atoms with van der Waals surface area (Å²) < 4.78 is 17.7. The first-order valence-corrected chi connectivity index (χ1v) is 14.9. The Hall–Kier alpha value is -5.10. The second-order valence-corrected chi connectivity index (χ2v) is 11.6. The summed E-state index contributed by atoms with van der Waals surface area (Å²) in [5.74, 6) is 0.911. The van der Waals surface area contributed by atoms with Gasteiger partial charge >= 0.3 is 0 Å². The van der Waals surface area contributed by atoms with Crippen molar-refractivity contribution in [3.63, 3.8) is 0 Å². The van der Waals surface area contributed by atoms with Gasteiger partial charge in [0.25, 0.3) is 17.7 Å². The number of aromatic nitrogens is 1. The van der Waals surface area contributed by atoms with Crippen molar-refractivity contribution in [1.82, 2.24) is 20.5 Å². The van der Waals surface area contributed by atoms with Gasteiger partial charge in [-0.15, -0.1) is 0 Å². The van der Waals surface area contributed by atoms with Crippen LogP contribution in [0.5, 0.6) is 17.2 Å². The van der Waals surface area contributed by atoms with Crippen LogP contribution in [0.15, 0.2) is 72.9 Å². The average molecular weight is 614 g/mol. The van der Waals surface area contributed by atoms with Gasteiger partial charge in [0.1, 0.15) is 28.2 Å². The summed E-state index contributed by atoms with van der Waals surface area (Å²) in [7, 11) is 1.56. The highest BCUT2D eigenvalue weighted by Gasteiger charge is 2.35. The number of nitrogens with zero attached hydrogens (tertiary/aromatic N) is 2. The molecule has 12 heteroatoms. The number of rotatable bonds is 2. The number of anilines is 1. The van der Waals surface area contributed by atoms with Crippen LogP contribution in [0.25, 0.3) is 11.1 Å². The van der Waals surface area contributed by atoms with Crippen LogP contribution in [0.2, 0.25) is 0 Å².